The molecule has 1 atom stereocenters. The molecule has 6 rings (SSSR count). The van der Waals surface area contributed by atoms with E-state index in [4.69, 9.17) is 28.1 Å². The summed E-state index contributed by atoms with van der Waals surface area (Å²) < 4.78 is 1.97. The molecule has 0 spiro atoms. The highest BCUT2D eigenvalue weighted by Gasteiger charge is 2.27. The van der Waals surface area contributed by atoms with Crippen LogP contribution >= 0.6 is 11.6 Å². The van der Waals surface area contributed by atoms with Gasteiger partial charge in [0.05, 0.1) is 34.2 Å². The van der Waals surface area contributed by atoms with Crippen LogP contribution in [0.4, 0.5) is 0 Å². The predicted octanol–water partition coefficient (Wildman–Crippen LogP) is 4.70. The van der Waals surface area contributed by atoms with Crippen LogP contribution in [0.15, 0.2) is 67.9 Å². The summed E-state index contributed by atoms with van der Waals surface area (Å²) in [4.78, 5) is 9.54. The highest BCUT2D eigenvalue weighted by Crippen LogP contribution is 2.35. The Kier molecular flexibility index (Phi) is 6.85. The first kappa shape index (κ1) is 25.6. The molecule has 0 amide bonds. The zero-order valence-electron chi connectivity index (χ0n) is 21.9. The van der Waals surface area contributed by atoms with Crippen molar-refractivity contribution >= 4 is 33.9 Å². The van der Waals surface area contributed by atoms with Crippen molar-refractivity contribution in [1.82, 2.24) is 29.8 Å². The second-order valence-corrected chi connectivity index (χ2v) is 10.8. The first-order valence-corrected chi connectivity index (χ1v) is 13.8. The van der Waals surface area contributed by atoms with Gasteiger partial charge in [-0.15, -0.1) is 5.10 Å². The number of rotatable bonds is 8. The SMILES string of the molecule is C=C(c1ccc2c(Cl)cc(-c3ccc(C(N)CN)cc3)nc2c1)N1CCN(C(=C)c2cn(C3CC3)nn2)CC1. The van der Waals surface area contributed by atoms with E-state index in [9.17, 15) is 0 Å². The Hall–Kier alpha value is -3.72. The molecule has 4 N–H and O–H groups in total. The molecule has 2 aromatic carbocycles. The number of hydrogen-bond acceptors (Lipinski definition) is 7. The van der Waals surface area contributed by atoms with E-state index in [1.165, 1.54) is 12.8 Å². The average Bonchev–Trinajstić information content (AvgIpc) is 3.71. The number of piperazine rings is 1. The van der Waals surface area contributed by atoms with Gasteiger partial charge in [0.25, 0.3) is 0 Å². The van der Waals surface area contributed by atoms with Gasteiger partial charge in [-0.3, -0.25) is 0 Å². The maximum Gasteiger partial charge on any atom is 0.128 e. The summed E-state index contributed by atoms with van der Waals surface area (Å²) in [6.45, 7) is 12.5. The molecule has 1 aliphatic carbocycles. The first-order valence-electron chi connectivity index (χ1n) is 13.4. The van der Waals surface area contributed by atoms with Crippen molar-refractivity contribution in [3.8, 4) is 11.3 Å². The van der Waals surface area contributed by atoms with Gasteiger partial charge in [0.15, 0.2) is 0 Å². The maximum absolute atomic E-state index is 6.68. The smallest absolute Gasteiger partial charge is 0.128 e. The minimum atomic E-state index is -0.177. The Morgan fingerprint density at radius 1 is 0.974 bits per heavy atom. The zero-order valence-corrected chi connectivity index (χ0v) is 22.7. The molecule has 2 fully saturated rings. The largest absolute Gasteiger partial charge is 0.368 e. The van der Waals surface area contributed by atoms with Crippen LogP contribution in [0.25, 0.3) is 33.6 Å². The molecule has 200 valence electrons. The van der Waals surface area contributed by atoms with Gasteiger partial charge in [-0.2, -0.15) is 0 Å². The Morgan fingerprint density at radius 3 is 2.33 bits per heavy atom. The fourth-order valence-electron chi connectivity index (χ4n) is 5.07. The molecule has 0 bridgehead atoms. The summed E-state index contributed by atoms with van der Waals surface area (Å²) in [6, 6.07) is 16.4. The number of aromatic nitrogens is 4. The molecule has 1 unspecified atom stereocenters. The van der Waals surface area contributed by atoms with Gasteiger partial charge in [0, 0.05) is 55.4 Å². The van der Waals surface area contributed by atoms with Gasteiger partial charge in [-0.25, -0.2) is 9.67 Å². The van der Waals surface area contributed by atoms with Crippen molar-refractivity contribution in [2.45, 2.75) is 24.9 Å². The van der Waals surface area contributed by atoms with Crippen LogP contribution in [0, 0.1) is 0 Å². The van der Waals surface area contributed by atoms with Gasteiger partial charge in [-0.1, -0.05) is 66.4 Å². The van der Waals surface area contributed by atoms with Gasteiger partial charge in [0.1, 0.15) is 5.69 Å². The number of nitrogens with zero attached hydrogens (tertiary/aromatic N) is 6. The van der Waals surface area contributed by atoms with E-state index in [0.29, 0.717) is 17.6 Å². The van der Waals surface area contributed by atoms with Gasteiger partial charge >= 0.3 is 0 Å². The molecule has 1 saturated heterocycles. The molecule has 39 heavy (non-hydrogen) atoms. The summed E-state index contributed by atoms with van der Waals surface area (Å²) in [6.07, 6.45) is 4.40. The molecule has 8 nitrogen and oxygen atoms in total. The van der Waals surface area contributed by atoms with E-state index in [1.54, 1.807) is 0 Å². The number of fused-ring (bicyclic) bond motifs is 1. The van der Waals surface area contributed by atoms with Crippen molar-refractivity contribution < 1.29 is 0 Å². The molecule has 0 radical (unpaired) electrons. The number of benzene rings is 2. The fourth-order valence-corrected chi connectivity index (χ4v) is 5.33. The summed E-state index contributed by atoms with van der Waals surface area (Å²) in [7, 11) is 0. The molecule has 2 aromatic heterocycles. The summed E-state index contributed by atoms with van der Waals surface area (Å²) in [5, 5.41) is 10.2. The van der Waals surface area contributed by atoms with E-state index in [1.807, 2.05) is 47.3 Å². The zero-order chi connectivity index (χ0) is 27.1. The molecular weight excluding hydrogens is 508 g/mol. The highest BCUT2D eigenvalue weighted by molar-refractivity contribution is 6.35. The lowest BCUT2D eigenvalue weighted by molar-refractivity contribution is 0.239. The number of halogens is 1. The topological polar surface area (TPSA) is 102 Å². The summed E-state index contributed by atoms with van der Waals surface area (Å²) in [5.74, 6) is 0. The minimum absolute atomic E-state index is 0.177. The van der Waals surface area contributed by atoms with Gasteiger partial charge in [-0.05, 0) is 36.1 Å². The fraction of sp³-hybridized carbons (Fsp3) is 0.300. The van der Waals surface area contributed by atoms with Crippen LogP contribution in [0.5, 0.6) is 0 Å². The van der Waals surface area contributed by atoms with Gasteiger partial charge in [0.2, 0.25) is 0 Å². The quantitative estimate of drug-likeness (QED) is 0.334. The number of pyridine rings is 1. The lowest BCUT2D eigenvalue weighted by atomic mass is 10.0. The van der Waals surface area contributed by atoms with Crippen LogP contribution in [-0.2, 0) is 0 Å². The highest BCUT2D eigenvalue weighted by atomic mass is 35.5. The van der Waals surface area contributed by atoms with Crippen LogP contribution in [-0.4, -0.2) is 62.5 Å². The second-order valence-electron chi connectivity index (χ2n) is 10.4. The minimum Gasteiger partial charge on any atom is -0.368 e. The Bertz CT molecular complexity index is 1530. The van der Waals surface area contributed by atoms with E-state index in [-0.39, 0.29) is 6.04 Å². The molecule has 1 aliphatic heterocycles. The van der Waals surface area contributed by atoms with Crippen molar-refractivity contribution in [2.24, 2.45) is 11.5 Å². The lowest BCUT2D eigenvalue weighted by Gasteiger charge is -2.38. The van der Waals surface area contributed by atoms with Crippen molar-refractivity contribution in [3.63, 3.8) is 0 Å². The van der Waals surface area contributed by atoms with E-state index in [2.05, 4.69) is 45.4 Å². The molecule has 1 saturated carbocycles. The monoisotopic (exact) mass is 540 g/mol. The molecule has 3 heterocycles. The van der Waals surface area contributed by atoms with E-state index < -0.39 is 0 Å². The maximum atomic E-state index is 6.68. The van der Waals surface area contributed by atoms with Crippen LogP contribution < -0.4 is 11.5 Å². The molecule has 9 heteroatoms. The van der Waals surface area contributed by atoms with Crippen LogP contribution in [0.2, 0.25) is 5.02 Å². The van der Waals surface area contributed by atoms with Crippen molar-refractivity contribution in [3.05, 3.63) is 89.7 Å². The Balaban J connectivity index is 1.16. The Labute approximate surface area is 233 Å². The number of hydrogen-bond donors (Lipinski definition) is 2. The van der Waals surface area contributed by atoms with Crippen LogP contribution in [0.3, 0.4) is 0 Å². The normalized spacial score (nSPS) is 16.5. The molecular formula is C30H33ClN8. The lowest BCUT2D eigenvalue weighted by Crippen LogP contribution is -2.44. The third-order valence-electron chi connectivity index (χ3n) is 7.75. The Morgan fingerprint density at radius 2 is 1.67 bits per heavy atom. The van der Waals surface area contributed by atoms with E-state index >= 15 is 0 Å². The first-order chi connectivity index (χ1) is 18.9. The van der Waals surface area contributed by atoms with Crippen molar-refractivity contribution in [2.75, 3.05) is 32.7 Å². The third-order valence-corrected chi connectivity index (χ3v) is 8.06. The number of nitrogens with two attached hydrogens (primary N) is 2. The average molecular weight is 541 g/mol. The summed E-state index contributed by atoms with van der Waals surface area (Å²) >= 11 is 6.68. The van der Waals surface area contributed by atoms with Crippen molar-refractivity contribution in [1.29, 1.82) is 0 Å². The summed E-state index contributed by atoms with van der Waals surface area (Å²) in [5.41, 5.74) is 19.2. The van der Waals surface area contributed by atoms with Gasteiger partial charge < -0.3 is 21.3 Å². The molecule has 4 aromatic rings. The second kappa shape index (κ2) is 10.4. The molecule has 2 aliphatic rings. The van der Waals surface area contributed by atoms with Crippen LogP contribution in [0.1, 0.15) is 41.7 Å². The standard InChI is InChI=1S/C30H33ClN8/c1-19(37-11-13-38(14-12-37)20(2)30-18-39(36-35-30)24-8-9-24)23-7-10-25-26(31)16-28(34-29(25)15-23)22-5-3-21(4-6-22)27(33)17-32/h3-7,10,15-16,18,24,27H,1-2,8-9,11-14,17,32-33H2. The third kappa shape index (κ3) is 5.15. The van der Waals surface area contributed by atoms with E-state index in [0.717, 1.165) is 76.6 Å². The predicted molar refractivity (Wildman–Crippen MR) is 158 cm³/mol.